The van der Waals surface area contributed by atoms with E-state index in [2.05, 4.69) is 36.5 Å². The van der Waals surface area contributed by atoms with Crippen molar-refractivity contribution in [2.75, 3.05) is 11.1 Å². The van der Waals surface area contributed by atoms with Gasteiger partial charge in [-0.05, 0) is 43.7 Å². The van der Waals surface area contributed by atoms with Gasteiger partial charge in [-0.1, -0.05) is 41.4 Å². The first-order valence-corrected chi connectivity index (χ1v) is 9.79. The Labute approximate surface area is 161 Å². The fourth-order valence-electron chi connectivity index (χ4n) is 3.16. The number of carbonyl (C=O) groups is 1. The molecule has 0 saturated carbocycles. The van der Waals surface area contributed by atoms with Gasteiger partial charge in [0.2, 0.25) is 5.91 Å². The highest BCUT2D eigenvalue weighted by Gasteiger charge is 2.30. The minimum atomic E-state index is -0.0130. The Morgan fingerprint density at radius 1 is 1.12 bits per heavy atom. The summed E-state index contributed by atoms with van der Waals surface area (Å²) >= 11 is 7.64. The van der Waals surface area contributed by atoms with Gasteiger partial charge < -0.3 is 5.32 Å². The standard InChI is InChI=1S/C20H18ClN3OS/c1-12-3-5-14(6-4-12)19-18-13(2)23-24(16-9-7-15(21)8-10-16)20(18)22-17(25)11-26-19/h3-10,19H,11H2,1-2H3,(H,22,25)/t19-/m0/s1. The van der Waals surface area contributed by atoms with Gasteiger partial charge in [0.05, 0.1) is 22.4 Å². The summed E-state index contributed by atoms with van der Waals surface area (Å²) < 4.78 is 1.80. The van der Waals surface area contributed by atoms with Crippen LogP contribution in [0.5, 0.6) is 0 Å². The van der Waals surface area contributed by atoms with Crippen molar-refractivity contribution in [1.82, 2.24) is 9.78 Å². The topological polar surface area (TPSA) is 46.9 Å². The largest absolute Gasteiger partial charge is 0.310 e. The predicted molar refractivity (Wildman–Crippen MR) is 107 cm³/mol. The molecule has 0 fully saturated rings. The third-order valence-corrected chi connectivity index (χ3v) is 5.98. The molecule has 26 heavy (non-hydrogen) atoms. The van der Waals surface area contributed by atoms with Crippen molar-refractivity contribution < 1.29 is 4.79 Å². The van der Waals surface area contributed by atoms with Gasteiger partial charge in [-0.25, -0.2) is 4.68 Å². The number of halogens is 1. The molecule has 1 aromatic heterocycles. The molecule has 4 nitrogen and oxygen atoms in total. The second-order valence-corrected chi connectivity index (χ2v) is 7.92. The molecule has 1 atom stereocenters. The summed E-state index contributed by atoms with van der Waals surface area (Å²) in [5.41, 5.74) is 5.23. The zero-order chi connectivity index (χ0) is 18.3. The molecule has 2 heterocycles. The highest BCUT2D eigenvalue weighted by molar-refractivity contribution is 8.00. The average Bonchev–Trinajstić information content (AvgIpc) is 2.83. The molecular weight excluding hydrogens is 366 g/mol. The lowest BCUT2D eigenvalue weighted by molar-refractivity contribution is -0.113. The van der Waals surface area contributed by atoms with Gasteiger partial charge >= 0.3 is 0 Å². The fourth-order valence-corrected chi connectivity index (χ4v) is 4.47. The predicted octanol–water partition coefficient (Wildman–Crippen LogP) is 4.92. The van der Waals surface area contributed by atoms with E-state index in [-0.39, 0.29) is 11.2 Å². The van der Waals surface area contributed by atoms with Crippen LogP contribution in [0.25, 0.3) is 5.69 Å². The summed E-state index contributed by atoms with van der Waals surface area (Å²) in [5, 5.41) is 8.48. The number of aromatic nitrogens is 2. The van der Waals surface area contributed by atoms with Crippen LogP contribution in [-0.2, 0) is 4.79 Å². The zero-order valence-corrected chi connectivity index (χ0v) is 16.1. The molecule has 0 radical (unpaired) electrons. The molecule has 4 rings (SSSR count). The number of nitrogens with one attached hydrogen (secondary N) is 1. The summed E-state index contributed by atoms with van der Waals surface area (Å²) in [4.78, 5) is 12.3. The Morgan fingerprint density at radius 2 is 1.81 bits per heavy atom. The zero-order valence-electron chi connectivity index (χ0n) is 14.5. The number of anilines is 1. The molecule has 1 amide bonds. The first-order valence-electron chi connectivity index (χ1n) is 8.36. The highest BCUT2D eigenvalue weighted by atomic mass is 35.5. The van der Waals surface area contributed by atoms with E-state index in [1.54, 1.807) is 16.4 Å². The number of rotatable bonds is 2. The normalized spacial score (nSPS) is 16.7. The van der Waals surface area contributed by atoms with Crippen molar-refractivity contribution in [3.05, 3.63) is 75.9 Å². The molecule has 1 aliphatic heterocycles. The maximum absolute atomic E-state index is 12.3. The number of fused-ring (bicyclic) bond motifs is 1. The average molecular weight is 384 g/mol. The molecule has 0 bridgehead atoms. The fraction of sp³-hybridized carbons (Fsp3) is 0.200. The second kappa shape index (κ2) is 6.82. The summed E-state index contributed by atoms with van der Waals surface area (Å²) in [6.07, 6.45) is 0. The van der Waals surface area contributed by atoms with Crippen LogP contribution < -0.4 is 5.32 Å². The Morgan fingerprint density at radius 3 is 2.50 bits per heavy atom. The minimum Gasteiger partial charge on any atom is -0.310 e. The molecule has 0 spiro atoms. The number of amides is 1. The first kappa shape index (κ1) is 17.2. The summed E-state index contributed by atoms with van der Waals surface area (Å²) in [6, 6.07) is 15.9. The molecule has 1 aliphatic rings. The summed E-state index contributed by atoms with van der Waals surface area (Å²) in [6.45, 7) is 4.06. The second-order valence-electron chi connectivity index (χ2n) is 6.39. The van der Waals surface area contributed by atoms with Crippen LogP contribution in [0.4, 0.5) is 5.82 Å². The van der Waals surface area contributed by atoms with Crippen molar-refractivity contribution in [3.8, 4) is 5.69 Å². The van der Waals surface area contributed by atoms with E-state index in [9.17, 15) is 4.79 Å². The molecule has 2 aromatic carbocycles. The van der Waals surface area contributed by atoms with Crippen LogP contribution in [0.2, 0.25) is 5.02 Å². The van der Waals surface area contributed by atoms with Gasteiger partial charge in [-0.3, -0.25) is 4.79 Å². The number of aryl methyl sites for hydroxylation is 2. The maximum Gasteiger partial charge on any atom is 0.235 e. The van der Waals surface area contributed by atoms with E-state index < -0.39 is 0 Å². The van der Waals surface area contributed by atoms with Gasteiger partial charge in [0, 0.05) is 10.6 Å². The van der Waals surface area contributed by atoms with Crippen LogP contribution in [-0.4, -0.2) is 21.4 Å². The SMILES string of the molecule is Cc1ccc([C@@H]2SCC(=O)Nc3c2c(C)nn3-c2ccc(Cl)cc2)cc1. The number of hydrogen-bond acceptors (Lipinski definition) is 3. The van der Waals surface area contributed by atoms with Crippen LogP contribution >= 0.6 is 23.4 Å². The Bertz CT molecular complexity index is 964. The molecule has 6 heteroatoms. The van der Waals surface area contributed by atoms with E-state index in [1.165, 1.54) is 11.1 Å². The smallest absolute Gasteiger partial charge is 0.235 e. The minimum absolute atomic E-state index is 0.0130. The summed E-state index contributed by atoms with van der Waals surface area (Å²) in [7, 11) is 0. The van der Waals surface area contributed by atoms with Gasteiger partial charge in [-0.2, -0.15) is 5.10 Å². The van der Waals surface area contributed by atoms with Crippen LogP contribution in [0.3, 0.4) is 0 Å². The Kier molecular flexibility index (Phi) is 4.51. The monoisotopic (exact) mass is 383 g/mol. The van der Waals surface area contributed by atoms with Crippen LogP contribution in [0.15, 0.2) is 48.5 Å². The molecule has 0 saturated heterocycles. The van der Waals surface area contributed by atoms with E-state index in [0.29, 0.717) is 10.8 Å². The van der Waals surface area contributed by atoms with Crippen molar-refractivity contribution in [2.45, 2.75) is 19.1 Å². The third kappa shape index (κ3) is 3.13. The number of carbonyl (C=O) groups excluding carboxylic acids is 1. The number of hydrogen-bond donors (Lipinski definition) is 1. The highest BCUT2D eigenvalue weighted by Crippen LogP contribution is 2.43. The first-order chi connectivity index (χ1) is 12.5. The van der Waals surface area contributed by atoms with Crippen LogP contribution in [0.1, 0.15) is 27.6 Å². The van der Waals surface area contributed by atoms with Crippen molar-refractivity contribution >= 4 is 35.1 Å². The molecule has 132 valence electrons. The molecule has 1 N–H and O–H groups in total. The van der Waals surface area contributed by atoms with Gasteiger partial charge in [0.15, 0.2) is 0 Å². The van der Waals surface area contributed by atoms with Crippen molar-refractivity contribution in [1.29, 1.82) is 0 Å². The molecule has 0 aliphatic carbocycles. The van der Waals surface area contributed by atoms with Crippen molar-refractivity contribution in [3.63, 3.8) is 0 Å². The van der Waals surface area contributed by atoms with E-state index in [0.717, 1.165) is 22.8 Å². The third-order valence-electron chi connectivity index (χ3n) is 4.46. The van der Waals surface area contributed by atoms with E-state index >= 15 is 0 Å². The van der Waals surface area contributed by atoms with Gasteiger partial charge in [0.25, 0.3) is 0 Å². The molecular formula is C20H18ClN3OS. The molecule has 3 aromatic rings. The maximum atomic E-state index is 12.3. The number of nitrogens with zero attached hydrogens (tertiary/aromatic N) is 2. The quantitative estimate of drug-likeness (QED) is 0.683. The number of benzene rings is 2. The lowest BCUT2D eigenvalue weighted by Gasteiger charge is -2.15. The lowest BCUT2D eigenvalue weighted by Crippen LogP contribution is -2.15. The Balaban J connectivity index is 1.87. The van der Waals surface area contributed by atoms with Gasteiger partial charge in [0.1, 0.15) is 5.82 Å². The lowest BCUT2D eigenvalue weighted by atomic mass is 10.0. The van der Waals surface area contributed by atoms with Crippen LogP contribution in [0, 0.1) is 13.8 Å². The Hall–Kier alpha value is -2.24. The van der Waals surface area contributed by atoms with E-state index in [1.807, 2.05) is 31.2 Å². The van der Waals surface area contributed by atoms with E-state index in [4.69, 9.17) is 16.7 Å². The number of thioether (sulfide) groups is 1. The molecule has 0 unspecified atom stereocenters. The summed E-state index contributed by atoms with van der Waals surface area (Å²) in [5.74, 6) is 1.14. The van der Waals surface area contributed by atoms with Gasteiger partial charge in [-0.15, -0.1) is 11.8 Å². The van der Waals surface area contributed by atoms with Crippen molar-refractivity contribution in [2.24, 2.45) is 0 Å².